The number of fused-ring (bicyclic) bond motifs is 3. The van der Waals surface area contributed by atoms with Crippen LogP contribution in [0.1, 0.15) is 44.5 Å². The van der Waals surface area contributed by atoms with Gasteiger partial charge in [-0.3, -0.25) is 0 Å². The van der Waals surface area contributed by atoms with Gasteiger partial charge in [-0.2, -0.15) is 10.5 Å². The SMILES string of the molecule is Cc1cc(C)c(-c2ccc3c4ccc(-c5c(C)cc(C)cc5C)cc4n(-c4ccc(-c5ncc(C#N)cn5)cc4C#N)c3c2)c(C)c1. The summed E-state index contributed by atoms with van der Waals surface area (Å²) in [5.41, 5.74) is 16.7. The third-order valence-corrected chi connectivity index (χ3v) is 9.10. The van der Waals surface area contributed by atoms with Crippen LogP contribution >= 0.6 is 0 Å². The topological polar surface area (TPSA) is 78.3 Å². The largest absolute Gasteiger partial charge is 0.308 e. The van der Waals surface area contributed by atoms with E-state index in [-0.39, 0.29) is 0 Å². The Hall–Kier alpha value is -6.04. The summed E-state index contributed by atoms with van der Waals surface area (Å²) in [6, 6.07) is 32.6. The van der Waals surface area contributed by atoms with E-state index in [1.165, 1.54) is 56.9 Å². The molecule has 0 fully saturated rings. The number of nitrogens with zero attached hydrogens (tertiary/aromatic N) is 5. The minimum absolute atomic E-state index is 0.390. The molecule has 5 heteroatoms. The van der Waals surface area contributed by atoms with Gasteiger partial charge in [0.1, 0.15) is 12.1 Å². The highest BCUT2D eigenvalue weighted by Gasteiger charge is 2.19. The lowest BCUT2D eigenvalue weighted by atomic mass is 9.92. The van der Waals surface area contributed by atoms with E-state index in [0.717, 1.165) is 38.6 Å². The summed E-state index contributed by atoms with van der Waals surface area (Å²) in [4.78, 5) is 8.75. The van der Waals surface area contributed by atoms with Crippen LogP contribution in [-0.4, -0.2) is 14.5 Å². The van der Waals surface area contributed by atoms with Crippen molar-refractivity contribution in [1.82, 2.24) is 14.5 Å². The maximum atomic E-state index is 10.5. The second-order valence-corrected chi connectivity index (χ2v) is 12.6. The Morgan fingerprint density at radius 2 is 1.00 bits per heavy atom. The van der Waals surface area contributed by atoms with Gasteiger partial charge in [-0.05, 0) is 116 Å². The smallest absolute Gasteiger partial charge is 0.159 e. The van der Waals surface area contributed by atoms with Gasteiger partial charge in [0.2, 0.25) is 0 Å². The Morgan fingerprint density at radius 1 is 0.532 bits per heavy atom. The number of hydrogen-bond donors (Lipinski definition) is 0. The standard InChI is InChI=1S/C42H33N5/c1-24-13-26(3)40(27(4)14-24)31-7-10-35-36-11-8-32(41-28(5)15-25(2)16-29(41)6)19-39(36)47(38(35)18-31)37-12-9-33(17-34(37)21-44)42-45-22-30(20-43)23-46-42/h7-19,22-23H,1-6H3. The van der Waals surface area contributed by atoms with Crippen molar-refractivity contribution in [2.24, 2.45) is 0 Å². The number of hydrogen-bond acceptors (Lipinski definition) is 4. The minimum atomic E-state index is 0.390. The lowest BCUT2D eigenvalue weighted by Gasteiger charge is -2.15. The molecule has 0 aliphatic carbocycles. The van der Waals surface area contributed by atoms with Gasteiger partial charge in [0.05, 0.1) is 27.8 Å². The third-order valence-electron chi connectivity index (χ3n) is 9.10. The Balaban J connectivity index is 1.53. The molecule has 0 amide bonds. The maximum Gasteiger partial charge on any atom is 0.159 e. The van der Waals surface area contributed by atoms with E-state index in [9.17, 15) is 10.5 Å². The summed E-state index contributed by atoms with van der Waals surface area (Å²) in [7, 11) is 0. The Labute approximate surface area is 275 Å². The van der Waals surface area contributed by atoms with Crippen LogP contribution in [0.3, 0.4) is 0 Å². The summed E-state index contributed by atoms with van der Waals surface area (Å²) in [6.45, 7) is 13.0. The van der Waals surface area contributed by atoms with Gasteiger partial charge in [-0.15, -0.1) is 0 Å². The van der Waals surface area contributed by atoms with Crippen molar-refractivity contribution in [3.63, 3.8) is 0 Å². The highest BCUT2D eigenvalue weighted by atomic mass is 15.0. The zero-order valence-electron chi connectivity index (χ0n) is 27.4. The molecule has 5 aromatic carbocycles. The van der Waals surface area contributed by atoms with E-state index in [1.54, 1.807) is 0 Å². The van der Waals surface area contributed by atoms with Crippen LogP contribution < -0.4 is 0 Å². The fraction of sp³-hybridized carbons (Fsp3) is 0.143. The summed E-state index contributed by atoms with van der Waals surface area (Å²) in [5, 5.41) is 22.0. The lowest BCUT2D eigenvalue weighted by molar-refractivity contribution is 1.14. The van der Waals surface area contributed by atoms with Crippen LogP contribution in [0.25, 0.3) is 61.1 Å². The number of benzene rings is 5. The van der Waals surface area contributed by atoms with E-state index in [1.807, 2.05) is 18.2 Å². The van der Waals surface area contributed by atoms with Gasteiger partial charge in [0.15, 0.2) is 5.82 Å². The second kappa shape index (κ2) is 11.4. The van der Waals surface area contributed by atoms with Gasteiger partial charge in [-0.1, -0.05) is 59.7 Å². The fourth-order valence-corrected chi connectivity index (χ4v) is 7.35. The first-order valence-electron chi connectivity index (χ1n) is 15.7. The molecule has 0 N–H and O–H groups in total. The van der Waals surface area contributed by atoms with Crippen LogP contribution in [0.5, 0.6) is 0 Å². The first-order valence-corrected chi connectivity index (χ1v) is 15.7. The van der Waals surface area contributed by atoms with E-state index in [2.05, 4.69) is 129 Å². The number of aryl methyl sites for hydroxylation is 6. The molecule has 2 aromatic heterocycles. The molecule has 2 heterocycles. The van der Waals surface area contributed by atoms with Crippen LogP contribution in [0, 0.1) is 64.2 Å². The van der Waals surface area contributed by atoms with Gasteiger partial charge in [0.25, 0.3) is 0 Å². The number of rotatable bonds is 4. The average molecular weight is 608 g/mol. The first-order chi connectivity index (χ1) is 22.7. The zero-order chi connectivity index (χ0) is 33.0. The summed E-state index contributed by atoms with van der Waals surface area (Å²) in [6.07, 6.45) is 3.00. The molecule has 0 saturated carbocycles. The molecule has 5 nitrogen and oxygen atoms in total. The quantitative estimate of drug-likeness (QED) is 0.199. The van der Waals surface area contributed by atoms with Crippen molar-refractivity contribution >= 4 is 21.8 Å². The molecule has 0 bridgehead atoms. The van der Waals surface area contributed by atoms with Gasteiger partial charge in [-0.25, -0.2) is 9.97 Å². The molecule has 0 atom stereocenters. The predicted octanol–water partition coefficient (Wildman–Crippen LogP) is 10.2. The normalized spacial score (nSPS) is 11.1. The Bertz CT molecular complexity index is 2320. The number of aromatic nitrogens is 3. The molecule has 47 heavy (non-hydrogen) atoms. The van der Waals surface area contributed by atoms with Crippen LogP contribution in [0.15, 0.2) is 91.3 Å². The molecular weight excluding hydrogens is 574 g/mol. The minimum Gasteiger partial charge on any atom is -0.308 e. The van der Waals surface area contributed by atoms with Gasteiger partial charge in [0, 0.05) is 28.7 Å². The molecule has 0 radical (unpaired) electrons. The molecule has 0 unspecified atom stereocenters. The van der Waals surface area contributed by atoms with Crippen LogP contribution in [0.2, 0.25) is 0 Å². The predicted molar refractivity (Wildman–Crippen MR) is 191 cm³/mol. The second-order valence-electron chi connectivity index (χ2n) is 12.6. The monoisotopic (exact) mass is 607 g/mol. The van der Waals surface area contributed by atoms with Crippen LogP contribution in [-0.2, 0) is 0 Å². The molecule has 0 saturated heterocycles. The van der Waals surface area contributed by atoms with Gasteiger partial charge >= 0.3 is 0 Å². The summed E-state index contributed by atoms with van der Waals surface area (Å²) >= 11 is 0. The van der Waals surface area contributed by atoms with E-state index in [0.29, 0.717) is 22.5 Å². The van der Waals surface area contributed by atoms with Gasteiger partial charge < -0.3 is 4.57 Å². The molecule has 7 aromatic rings. The van der Waals surface area contributed by atoms with E-state index < -0.39 is 0 Å². The molecule has 0 aliphatic heterocycles. The molecular formula is C42H33N5. The summed E-state index contributed by atoms with van der Waals surface area (Å²) < 4.78 is 2.23. The molecule has 0 spiro atoms. The third kappa shape index (κ3) is 5.03. The maximum absolute atomic E-state index is 10.5. The Kier molecular flexibility index (Phi) is 7.19. The molecule has 0 aliphatic rings. The number of nitriles is 2. The van der Waals surface area contributed by atoms with Crippen molar-refractivity contribution < 1.29 is 0 Å². The highest BCUT2D eigenvalue weighted by molar-refractivity contribution is 6.11. The lowest BCUT2D eigenvalue weighted by Crippen LogP contribution is -2.00. The fourth-order valence-electron chi connectivity index (χ4n) is 7.35. The van der Waals surface area contributed by atoms with Crippen molar-refractivity contribution in [1.29, 1.82) is 10.5 Å². The van der Waals surface area contributed by atoms with Crippen molar-refractivity contribution in [3.05, 3.63) is 136 Å². The highest BCUT2D eigenvalue weighted by Crippen LogP contribution is 2.40. The molecule has 226 valence electrons. The van der Waals surface area contributed by atoms with Crippen molar-refractivity contribution in [3.8, 4) is 51.5 Å². The zero-order valence-corrected chi connectivity index (χ0v) is 27.4. The van der Waals surface area contributed by atoms with Crippen molar-refractivity contribution in [2.45, 2.75) is 41.5 Å². The molecule has 7 rings (SSSR count). The van der Waals surface area contributed by atoms with Crippen LogP contribution in [0.4, 0.5) is 0 Å². The van der Waals surface area contributed by atoms with E-state index >= 15 is 0 Å². The summed E-state index contributed by atoms with van der Waals surface area (Å²) in [5.74, 6) is 0.467. The van der Waals surface area contributed by atoms with E-state index in [4.69, 9.17) is 0 Å². The first kappa shape index (κ1) is 29.7. The van der Waals surface area contributed by atoms with Crippen molar-refractivity contribution in [2.75, 3.05) is 0 Å². The average Bonchev–Trinajstić information content (AvgIpc) is 3.36. The Morgan fingerprint density at radius 3 is 1.45 bits per heavy atom.